The molecule has 0 aromatic rings. The molecule has 0 aliphatic carbocycles. The highest BCUT2D eigenvalue weighted by molar-refractivity contribution is 5.70. The van der Waals surface area contributed by atoms with Gasteiger partial charge in [0.05, 0.1) is 40.3 Å². The van der Waals surface area contributed by atoms with Gasteiger partial charge in [-0.05, 0) is 103 Å². The average Bonchev–Trinajstić information content (AvgIpc) is 3.43. The fourth-order valence-corrected chi connectivity index (χ4v) is 8.51. The molecule has 9 nitrogen and oxygen atoms in total. The van der Waals surface area contributed by atoms with Crippen molar-refractivity contribution in [3.63, 3.8) is 0 Å². The fraction of sp³-hybridized carbons (Fsp3) is 0.676. The number of carboxylic acid groups (broad SMARTS) is 1. The van der Waals surface area contributed by atoms with Crippen molar-refractivity contribution < 1.29 is 42.9 Å². The van der Waals surface area contributed by atoms with Crippen LogP contribution in [0, 0.1) is 0 Å². The molecule has 0 rings (SSSR count). The highest BCUT2D eigenvalue weighted by Gasteiger charge is 2.22. The zero-order valence-electron chi connectivity index (χ0n) is 51.9. The lowest BCUT2D eigenvalue weighted by atomic mass is 10.0. The van der Waals surface area contributed by atoms with Crippen LogP contribution in [0.2, 0.25) is 0 Å². The van der Waals surface area contributed by atoms with Gasteiger partial charge in [-0.15, -0.1) is 0 Å². The van der Waals surface area contributed by atoms with Crippen molar-refractivity contribution in [2.24, 2.45) is 0 Å². The molecule has 0 N–H and O–H groups in total. The summed E-state index contributed by atoms with van der Waals surface area (Å²) < 4.78 is 22.7. The van der Waals surface area contributed by atoms with Crippen molar-refractivity contribution in [2.75, 3.05) is 47.5 Å². The summed E-state index contributed by atoms with van der Waals surface area (Å²) in [5, 5.41) is 11.8. The Morgan fingerprint density at radius 2 is 0.713 bits per heavy atom. The van der Waals surface area contributed by atoms with Gasteiger partial charge >= 0.3 is 11.9 Å². The molecule has 80 heavy (non-hydrogen) atoms. The second kappa shape index (κ2) is 60.8. The van der Waals surface area contributed by atoms with Gasteiger partial charge in [-0.1, -0.05) is 257 Å². The first kappa shape index (κ1) is 75.7. The van der Waals surface area contributed by atoms with Gasteiger partial charge in [0.2, 0.25) is 0 Å². The summed E-state index contributed by atoms with van der Waals surface area (Å²) in [6, 6.07) is 0. The number of esters is 2. The van der Waals surface area contributed by atoms with Crippen LogP contribution in [-0.4, -0.2) is 82.3 Å². The molecule has 0 bridgehead atoms. The van der Waals surface area contributed by atoms with Crippen molar-refractivity contribution in [3.05, 3.63) is 122 Å². The maximum atomic E-state index is 12.9. The Bertz CT molecular complexity index is 1730. The number of likely N-dealkylation sites (N-methyl/N-ethyl adjacent to an activating group) is 1. The summed E-state index contributed by atoms with van der Waals surface area (Å²) in [6.07, 6.45) is 82.8. The molecule has 0 aromatic carbocycles. The third-order valence-electron chi connectivity index (χ3n) is 13.4. The van der Waals surface area contributed by atoms with E-state index in [0.29, 0.717) is 17.4 Å². The van der Waals surface area contributed by atoms with E-state index in [2.05, 4.69) is 135 Å². The van der Waals surface area contributed by atoms with E-state index in [1.165, 1.54) is 96.3 Å². The van der Waals surface area contributed by atoms with Crippen LogP contribution < -0.4 is 5.11 Å². The number of hydrogen-bond acceptors (Lipinski definition) is 8. The summed E-state index contributed by atoms with van der Waals surface area (Å²) in [5.74, 6) is -2.30. The largest absolute Gasteiger partial charge is 0.545 e. The van der Waals surface area contributed by atoms with Gasteiger partial charge in [-0.2, -0.15) is 0 Å². The normalized spacial score (nSPS) is 13.6. The Morgan fingerprint density at radius 1 is 0.388 bits per heavy atom. The first-order chi connectivity index (χ1) is 39.1. The average molecular weight is 1110 g/mol. The van der Waals surface area contributed by atoms with E-state index < -0.39 is 24.3 Å². The summed E-state index contributed by atoms with van der Waals surface area (Å²) in [4.78, 5) is 37.3. The predicted octanol–water partition coefficient (Wildman–Crippen LogP) is 18.3. The second-order valence-corrected chi connectivity index (χ2v) is 22.3. The van der Waals surface area contributed by atoms with Gasteiger partial charge < -0.3 is 33.3 Å². The van der Waals surface area contributed by atoms with Crippen molar-refractivity contribution in [2.45, 2.75) is 264 Å². The molecule has 0 fully saturated rings. The maximum Gasteiger partial charge on any atom is 0.306 e. The molecule has 456 valence electrons. The highest BCUT2D eigenvalue weighted by Crippen LogP contribution is 2.16. The number of carbonyl (C=O) groups is 3. The minimum absolute atomic E-state index is 0.142. The molecule has 9 heteroatoms. The fourth-order valence-electron chi connectivity index (χ4n) is 8.51. The summed E-state index contributed by atoms with van der Waals surface area (Å²) in [5.41, 5.74) is 0. The summed E-state index contributed by atoms with van der Waals surface area (Å²) >= 11 is 0. The molecule has 0 aromatic heterocycles. The molecular weight excluding hydrogens is 995 g/mol. The van der Waals surface area contributed by atoms with E-state index in [1.54, 1.807) is 0 Å². The van der Waals surface area contributed by atoms with Crippen LogP contribution in [-0.2, 0) is 33.3 Å². The molecule has 0 spiro atoms. The van der Waals surface area contributed by atoms with Crippen LogP contribution >= 0.6 is 0 Å². The van der Waals surface area contributed by atoms with E-state index in [9.17, 15) is 19.5 Å². The van der Waals surface area contributed by atoms with Gasteiger partial charge in [0.15, 0.2) is 12.4 Å². The number of allylic oxidation sites excluding steroid dienone is 20. The Hall–Kier alpha value is -4.31. The van der Waals surface area contributed by atoms with E-state index in [-0.39, 0.29) is 38.6 Å². The van der Waals surface area contributed by atoms with E-state index in [0.717, 1.165) is 122 Å². The van der Waals surface area contributed by atoms with Crippen LogP contribution in [0.3, 0.4) is 0 Å². The number of nitrogens with zero attached hydrogens (tertiary/aromatic N) is 1. The molecule has 0 radical (unpaired) electrons. The number of carboxylic acids is 1. The monoisotopic (exact) mass is 1110 g/mol. The van der Waals surface area contributed by atoms with Crippen molar-refractivity contribution >= 4 is 17.9 Å². The van der Waals surface area contributed by atoms with Crippen LogP contribution in [0.25, 0.3) is 0 Å². The minimum Gasteiger partial charge on any atom is -0.545 e. The molecule has 0 amide bonds. The lowest BCUT2D eigenvalue weighted by Gasteiger charge is -2.26. The van der Waals surface area contributed by atoms with Crippen molar-refractivity contribution in [1.82, 2.24) is 0 Å². The molecular formula is C71H119NO8. The topological polar surface area (TPSA) is 111 Å². The van der Waals surface area contributed by atoms with Gasteiger partial charge in [-0.25, -0.2) is 0 Å². The first-order valence-corrected chi connectivity index (χ1v) is 32.2. The van der Waals surface area contributed by atoms with Gasteiger partial charge in [-0.3, -0.25) is 9.59 Å². The Labute approximate surface area is 491 Å². The summed E-state index contributed by atoms with van der Waals surface area (Å²) in [7, 11) is 5.91. The Balaban J connectivity index is 4.04. The molecule has 2 atom stereocenters. The van der Waals surface area contributed by atoms with Crippen LogP contribution in [0.4, 0.5) is 0 Å². The number of rotatable bonds is 58. The zero-order valence-corrected chi connectivity index (χ0v) is 51.9. The molecule has 0 aliphatic rings. The lowest BCUT2D eigenvalue weighted by Crippen LogP contribution is -2.44. The first-order valence-electron chi connectivity index (χ1n) is 32.2. The SMILES string of the molecule is CC/C=C\C/C=C\C/C=C\C/C=C\C/C=C\C/C=C\C/C=C\C/C=C\CCCCCCCCCCCCCCCCCCC(=O)OC(COC(=O)CCCCCCC/C=C\C/C=C\CCCC)COC(OCC[N+](C)(C)C)C(=O)[O-]. The molecule has 0 saturated carbocycles. The van der Waals surface area contributed by atoms with Gasteiger partial charge in [0.1, 0.15) is 13.2 Å². The molecule has 0 saturated heterocycles. The van der Waals surface area contributed by atoms with E-state index in [4.69, 9.17) is 18.9 Å². The molecule has 0 heterocycles. The predicted molar refractivity (Wildman–Crippen MR) is 338 cm³/mol. The maximum absolute atomic E-state index is 12.9. The van der Waals surface area contributed by atoms with Gasteiger partial charge in [0, 0.05) is 12.8 Å². The quantitative estimate of drug-likeness (QED) is 0.0195. The minimum atomic E-state index is -1.63. The summed E-state index contributed by atoms with van der Waals surface area (Å²) in [6.45, 7) is 4.57. The number of quaternary nitrogens is 1. The molecule has 0 aliphatic heterocycles. The molecule has 2 unspecified atom stereocenters. The number of ether oxygens (including phenoxy) is 4. The smallest absolute Gasteiger partial charge is 0.306 e. The lowest BCUT2D eigenvalue weighted by molar-refractivity contribution is -0.870. The van der Waals surface area contributed by atoms with E-state index in [1.807, 2.05) is 21.1 Å². The van der Waals surface area contributed by atoms with Crippen LogP contribution in [0.5, 0.6) is 0 Å². The van der Waals surface area contributed by atoms with Crippen molar-refractivity contribution in [3.8, 4) is 0 Å². The number of carbonyl (C=O) groups excluding carboxylic acids is 3. The van der Waals surface area contributed by atoms with Crippen LogP contribution in [0.15, 0.2) is 122 Å². The Kier molecular flexibility index (Phi) is 57.5. The zero-order chi connectivity index (χ0) is 58.3. The van der Waals surface area contributed by atoms with Gasteiger partial charge in [0.25, 0.3) is 0 Å². The second-order valence-electron chi connectivity index (χ2n) is 22.3. The number of unbranched alkanes of at least 4 members (excludes halogenated alkanes) is 23. The third-order valence-corrected chi connectivity index (χ3v) is 13.4. The standard InChI is InChI=1S/C71H119NO8/c1-6-8-10-12-14-16-18-20-22-23-24-25-26-27-28-29-30-31-32-33-34-35-36-37-38-39-40-41-42-43-44-45-46-47-48-50-52-54-56-58-60-62-69(74)80-67(66-79-71(70(75)76)77-64-63-72(3,4)5)65-78-68(73)61-59-57-55-53-51-49-21-19-17-15-13-11-9-7-2/h8,10,13-16,19-22,24-25,27-28,30-31,33-34,36-37,67,71H,6-7,9,11-12,17-18,23,26,29,32,35,38-66H2,1-5H3/b10-8-,15-13-,16-14-,21-19-,22-20-,25-24-,28-27-,31-30-,34-33-,37-36-. The van der Waals surface area contributed by atoms with Crippen LogP contribution in [0.1, 0.15) is 251 Å². The van der Waals surface area contributed by atoms with Crippen molar-refractivity contribution in [1.29, 1.82) is 0 Å². The highest BCUT2D eigenvalue weighted by atomic mass is 16.7. The Morgan fingerprint density at radius 3 is 1.06 bits per heavy atom. The van der Waals surface area contributed by atoms with E-state index >= 15 is 0 Å². The third kappa shape index (κ3) is 61.3. The number of hydrogen-bond donors (Lipinski definition) is 0. The number of aliphatic carboxylic acids is 1.